The van der Waals surface area contributed by atoms with E-state index in [-0.39, 0.29) is 6.42 Å². The number of carboxylic acids is 2. The van der Waals surface area contributed by atoms with Crippen molar-refractivity contribution in [2.75, 3.05) is 7.11 Å². The van der Waals surface area contributed by atoms with Crippen LogP contribution in [0.4, 0.5) is 0 Å². The van der Waals surface area contributed by atoms with Crippen LogP contribution in [0, 0.1) is 0 Å². The van der Waals surface area contributed by atoms with E-state index in [1.165, 1.54) is 19.2 Å². The molecular formula is C12H15NO6. The van der Waals surface area contributed by atoms with Crippen LogP contribution in [-0.2, 0) is 9.59 Å². The lowest BCUT2D eigenvalue weighted by atomic mass is 10.1. The van der Waals surface area contributed by atoms with Crippen molar-refractivity contribution in [3.8, 4) is 11.5 Å². The molecule has 0 saturated heterocycles. The highest BCUT2D eigenvalue weighted by molar-refractivity contribution is 5.77. The van der Waals surface area contributed by atoms with Gasteiger partial charge in [0.25, 0.3) is 0 Å². The fraction of sp³-hybridized carbons (Fsp3) is 0.333. The van der Waals surface area contributed by atoms with E-state index in [9.17, 15) is 9.59 Å². The average molecular weight is 269 g/mol. The van der Waals surface area contributed by atoms with Gasteiger partial charge < -0.3 is 25.4 Å². The lowest BCUT2D eigenvalue weighted by Crippen LogP contribution is -2.39. The molecule has 0 aliphatic carbocycles. The van der Waals surface area contributed by atoms with Crippen molar-refractivity contribution in [1.29, 1.82) is 0 Å². The zero-order chi connectivity index (χ0) is 14.4. The maximum absolute atomic E-state index is 11.0. The molecule has 0 spiro atoms. The summed E-state index contributed by atoms with van der Waals surface area (Å²) >= 11 is 0. The molecule has 0 bridgehead atoms. The Morgan fingerprint density at radius 2 is 1.68 bits per heavy atom. The van der Waals surface area contributed by atoms with E-state index >= 15 is 0 Å². The smallest absolute Gasteiger partial charge is 0.344 e. The van der Waals surface area contributed by atoms with Crippen LogP contribution in [-0.4, -0.2) is 41.4 Å². The van der Waals surface area contributed by atoms with Crippen LogP contribution in [0.5, 0.6) is 11.5 Å². The number of rotatable bonds is 7. The Morgan fingerprint density at radius 3 is 2.11 bits per heavy atom. The molecule has 0 saturated carbocycles. The topological polar surface area (TPSA) is 119 Å². The SMILES string of the molecule is COc1ccc(OC(C[C@H](N)C(=O)O)C(=O)O)cc1. The summed E-state index contributed by atoms with van der Waals surface area (Å²) in [5.41, 5.74) is 5.29. The predicted octanol–water partition coefficient (Wildman–Crippen LogP) is 0.329. The van der Waals surface area contributed by atoms with Crippen LogP contribution in [0.2, 0.25) is 0 Å². The summed E-state index contributed by atoms with van der Waals surface area (Å²) in [4.78, 5) is 21.6. The number of carboxylic acid groups (broad SMARTS) is 2. The molecule has 19 heavy (non-hydrogen) atoms. The number of hydrogen-bond acceptors (Lipinski definition) is 5. The van der Waals surface area contributed by atoms with E-state index in [1.807, 2.05) is 0 Å². The van der Waals surface area contributed by atoms with Crippen molar-refractivity contribution in [1.82, 2.24) is 0 Å². The van der Waals surface area contributed by atoms with Crippen molar-refractivity contribution in [2.24, 2.45) is 5.73 Å². The van der Waals surface area contributed by atoms with E-state index in [1.54, 1.807) is 12.1 Å². The van der Waals surface area contributed by atoms with Crippen molar-refractivity contribution < 1.29 is 29.3 Å². The van der Waals surface area contributed by atoms with Gasteiger partial charge in [-0.05, 0) is 24.3 Å². The molecule has 0 aliphatic rings. The molecule has 1 aromatic carbocycles. The van der Waals surface area contributed by atoms with E-state index in [4.69, 9.17) is 25.4 Å². The summed E-state index contributed by atoms with van der Waals surface area (Å²) in [6.07, 6.45) is -1.64. The van der Waals surface area contributed by atoms with Gasteiger partial charge in [-0.2, -0.15) is 0 Å². The Morgan fingerprint density at radius 1 is 1.16 bits per heavy atom. The lowest BCUT2D eigenvalue weighted by Gasteiger charge is -2.17. The minimum atomic E-state index is -1.32. The second-order valence-corrected chi connectivity index (χ2v) is 3.80. The van der Waals surface area contributed by atoms with Crippen LogP contribution in [0.3, 0.4) is 0 Å². The molecular weight excluding hydrogens is 254 g/mol. The van der Waals surface area contributed by atoms with E-state index in [2.05, 4.69) is 0 Å². The third-order valence-electron chi connectivity index (χ3n) is 2.40. The first-order valence-corrected chi connectivity index (χ1v) is 5.46. The molecule has 1 aromatic rings. The van der Waals surface area contributed by atoms with Crippen LogP contribution in [0.1, 0.15) is 6.42 Å². The first-order chi connectivity index (χ1) is 8.93. The number of hydrogen-bond donors (Lipinski definition) is 3. The molecule has 7 heteroatoms. The highest BCUT2D eigenvalue weighted by Crippen LogP contribution is 2.19. The van der Waals surface area contributed by atoms with Gasteiger partial charge in [-0.1, -0.05) is 0 Å². The highest BCUT2D eigenvalue weighted by atomic mass is 16.5. The average Bonchev–Trinajstić information content (AvgIpc) is 2.38. The molecule has 4 N–H and O–H groups in total. The van der Waals surface area contributed by atoms with Crippen molar-refractivity contribution in [3.63, 3.8) is 0 Å². The van der Waals surface area contributed by atoms with E-state index < -0.39 is 24.1 Å². The quantitative estimate of drug-likeness (QED) is 0.652. The Bertz CT molecular complexity index is 444. The monoisotopic (exact) mass is 269 g/mol. The summed E-state index contributed by atoms with van der Waals surface area (Å²) in [6.45, 7) is 0. The Labute approximate surface area is 109 Å². The summed E-state index contributed by atoms with van der Waals surface area (Å²) < 4.78 is 10.1. The normalized spacial score (nSPS) is 13.4. The van der Waals surface area contributed by atoms with Gasteiger partial charge in [-0.25, -0.2) is 4.79 Å². The van der Waals surface area contributed by atoms with Crippen molar-refractivity contribution in [2.45, 2.75) is 18.6 Å². The van der Waals surface area contributed by atoms with Gasteiger partial charge in [0.1, 0.15) is 17.5 Å². The maximum Gasteiger partial charge on any atom is 0.344 e. The number of aliphatic carboxylic acids is 2. The standard InChI is InChI=1S/C12H15NO6/c1-18-7-2-4-8(5-3-7)19-10(12(16)17)6-9(13)11(14)15/h2-5,9-10H,6,13H2,1H3,(H,14,15)(H,16,17)/t9-,10?/m0/s1. The molecule has 0 fully saturated rings. The summed E-state index contributed by atoms with van der Waals surface area (Å²) in [5.74, 6) is -1.65. The third kappa shape index (κ3) is 4.47. The number of carbonyl (C=O) groups is 2. The molecule has 0 radical (unpaired) electrons. The molecule has 0 amide bonds. The van der Waals surface area contributed by atoms with Gasteiger partial charge >= 0.3 is 11.9 Å². The Hall–Kier alpha value is -2.28. The van der Waals surface area contributed by atoms with Crippen LogP contribution in [0.25, 0.3) is 0 Å². The Kier molecular flexibility index (Phi) is 5.13. The predicted molar refractivity (Wildman–Crippen MR) is 65.3 cm³/mol. The summed E-state index contributed by atoms with van der Waals surface area (Å²) in [5, 5.41) is 17.6. The molecule has 104 valence electrons. The molecule has 0 aromatic heterocycles. The Balaban J connectivity index is 2.72. The zero-order valence-corrected chi connectivity index (χ0v) is 10.3. The van der Waals surface area contributed by atoms with Gasteiger partial charge in [0.15, 0.2) is 6.10 Å². The van der Waals surface area contributed by atoms with Crippen LogP contribution >= 0.6 is 0 Å². The zero-order valence-electron chi connectivity index (χ0n) is 10.3. The molecule has 1 unspecified atom stereocenters. The first kappa shape index (κ1) is 14.8. The summed E-state index contributed by atoms with van der Waals surface area (Å²) in [6, 6.07) is 4.97. The third-order valence-corrected chi connectivity index (χ3v) is 2.40. The van der Waals surface area contributed by atoms with Crippen LogP contribution < -0.4 is 15.2 Å². The molecule has 0 heterocycles. The second-order valence-electron chi connectivity index (χ2n) is 3.80. The molecule has 2 atom stereocenters. The molecule has 7 nitrogen and oxygen atoms in total. The van der Waals surface area contributed by atoms with E-state index in [0.717, 1.165) is 0 Å². The number of methoxy groups -OCH3 is 1. The van der Waals surface area contributed by atoms with Gasteiger partial charge in [0, 0.05) is 6.42 Å². The van der Waals surface area contributed by atoms with E-state index in [0.29, 0.717) is 11.5 Å². The fourth-order valence-electron chi connectivity index (χ4n) is 1.35. The minimum Gasteiger partial charge on any atom is -0.497 e. The van der Waals surface area contributed by atoms with Gasteiger partial charge in [-0.3, -0.25) is 4.79 Å². The first-order valence-electron chi connectivity index (χ1n) is 5.46. The number of ether oxygens (including phenoxy) is 2. The lowest BCUT2D eigenvalue weighted by molar-refractivity contribution is -0.146. The number of benzene rings is 1. The largest absolute Gasteiger partial charge is 0.497 e. The summed E-state index contributed by atoms with van der Waals surface area (Å²) in [7, 11) is 1.50. The molecule has 1 rings (SSSR count). The molecule has 0 aliphatic heterocycles. The highest BCUT2D eigenvalue weighted by Gasteiger charge is 2.26. The number of nitrogens with two attached hydrogens (primary N) is 1. The van der Waals surface area contributed by atoms with Gasteiger partial charge in [0.2, 0.25) is 0 Å². The van der Waals surface area contributed by atoms with Crippen molar-refractivity contribution >= 4 is 11.9 Å². The maximum atomic E-state index is 11.0. The van der Waals surface area contributed by atoms with Gasteiger partial charge in [0.05, 0.1) is 7.11 Å². The van der Waals surface area contributed by atoms with Crippen LogP contribution in [0.15, 0.2) is 24.3 Å². The van der Waals surface area contributed by atoms with Gasteiger partial charge in [-0.15, -0.1) is 0 Å². The minimum absolute atomic E-state index is 0.297. The van der Waals surface area contributed by atoms with Crippen molar-refractivity contribution in [3.05, 3.63) is 24.3 Å². The second kappa shape index (κ2) is 6.60. The fourth-order valence-corrected chi connectivity index (χ4v) is 1.35.